The highest BCUT2D eigenvalue weighted by Gasteiger charge is 2.17. The maximum absolute atomic E-state index is 12.2. The molecular weight excluding hydrogens is 348 g/mol. The average Bonchev–Trinajstić information content (AvgIpc) is 3.01. The Kier molecular flexibility index (Phi) is 6.09. The standard InChI is InChI=1S/C16H20N2O4S2/c1-4-15-18-13(10-23-15)9-22-16(19)8-17-24(20,21)14-6-5-11(2)12(3)7-14/h5-7,10,17H,4,8-9H2,1-3H3. The van der Waals surface area contributed by atoms with Crippen molar-refractivity contribution in [3.8, 4) is 0 Å². The van der Waals surface area contributed by atoms with E-state index in [0.29, 0.717) is 5.69 Å². The number of nitrogens with one attached hydrogen (secondary N) is 1. The molecule has 2 rings (SSSR count). The Labute approximate surface area is 145 Å². The van der Waals surface area contributed by atoms with Gasteiger partial charge in [0, 0.05) is 5.38 Å². The van der Waals surface area contributed by atoms with Crippen LogP contribution in [0.3, 0.4) is 0 Å². The second-order valence-electron chi connectivity index (χ2n) is 5.32. The summed E-state index contributed by atoms with van der Waals surface area (Å²) < 4.78 is 31.7. The van der Waals surface area contributed by atoms with Crippen molar-refractivity contribution in [2.24, 2.45) is 0 Å². The molecule has 24 heavy (non-hydrogen) atoms. The third-order valence-electron chi connectivity index (χ3n) is 3.48. The molecule has 0 amide bonds. The fraction of sp³-hybridized carbons (Fsp3) is 0.375. The molecule has 0 fully saturated rings. The van der Waals surface area contributed by atoms with Crippen LogP contribution in [0, 0.1) is 13.8 Å². The van der Waals surface area contributed by atoms with Crippen LogP contribution in [0.1, 0.15) is 28.8 Å². The Balaban J connectivity index is 1.89. The minimum absolute atomic E-state index is 0.0424. The molecule has 1 N–H and O–H groups in total. The van der Waals surface area contributed by atoms with Crippen LogP contribution in [0.5, 0.6) is 0 Å². The molecule has 1 aromatic heterocycles. The summed E-state index contributed by atoms with van der Waals surface area (Å²) in [5.74, 6) is -0.645. The van der Waals surface area contributed by atoms with Gasteiger partial charge in [-0.15, -0.1) is 11.3 Å². The van der Waals surface area contributed by atoms with Gasteiger partial charge in [-0.1, -0.05) is 13.0 Å². The van der Waals surface area contributed by atoms with Gasteiger partial charge in [0.1, 0.15) is 13.2 Å². The summed E-state index contributed by atoms with van der Waals surface area (Å²) >= 11 is 1.50. The first-order chi connectivity index (χ1) is 11.3. The number of rotatable bonds is 7. The second-order valence-corrected chi connectivity index (χ2v) is 8.03. The average molecular weight is 368 g/mol. The Hall–Kier alpha value is -1.77. The van der Waals surface area contributed by atoms with Crippen LogP contribution >= 0.6 is 11.3 Å². The van der Waals surface area contributed by atoms with Crippen molar-refractivity contribution >= 4 is 27.3 Å². The molecule has 0 spiro atoms. The lowest BCUT2D eigenvalue weighted by Gasteiger charge is -2.08. The van der Waals surface area contributed by atoms with Crippen molar-refractivity contribution in [2.75, 3.05) is 6.54 Å². The zero-order valence-corrected chi connectivity index (χ0v) is 15.5. The monoisotopic (exact) mass is 368 g/mol. The number of esters is 1. The zero-order chi connectivity index (χ0) is 17.7. The van der Waals surface area contributed by atoms with E-state index < -0.39 is 22.5 Å². The van der Waals surface area contributed by atoms with Gasteiger partial charge in [0.15, 0.2) is 0 Å². The number of carbonyl (C=O) groups is 1. The number of hydrogen-bond donors (Lipinski definition) is 1. The molecule has 0 aliphatic rings. The van der Waals surface area contributed by atoms with Crippen molar-refractivity contribution in [1.82, 2.24) is 9.71 Å². The molecule has 0 unspecified atom stereocenters. The summed E-state index contributed by atoms with van der Waals surface area (Å²) in [6.45, 7) is 5.36. The minimum Gasteiger partial charge on any atom is -0.458 e. The molecule has 0 saturated carbocycles. The molecule has 0 atom stereocenters. The quantitative estimate of drug-likeness (QED) is 0.758. The van der Waals surface area contributed by atoms with E-state index in [1.165, 1.54) is 17.4 Å². The van der Waals surface area contributed by atoms with Gasteiger partial charge in [0.05, 0.1) is 15.6 Å². The van der Waals surface area contributed by atoms with Crippen molar-refractivity contribution in [3.63, 3.8) is 0 Å². The molecule has 2 aromatic rings. The fourth-order valence-electron chi connectivity index (χ4n) is 1.90. The van der Waals surface area contributed by atoms with Crippen LogP contribution < -0.4 is 4.72 Å². The van der Waals surface area contributed by atoms with Crippen LogP contribution in [-0.2, 0) is 32.6 Å². The normalized spacial score (nSPS) is 11.5. The Morgan fingerprint density at radius 1 is 1.29 bits per heavy atom. The predicted molar refractivity (Wildman–Crippen MR) is 92.4 cm³/mol. The molecule has 0 saturated heterocycles. The molecule has 0 radical (unpaired) electrons. The largest absolute Gasteiger partial charge is 0.458 e. The third-order valence-corrected chi connectivity index (χ3v) is 5.92. The highest BCUT2D eigenvalue weighted by Crippen LogP contribution is 2.14. The van der Waals surface area contributed by atoms with Crippen molar-refractivity contribution in [1.29, 1.82) is 0 Å². The summed E-state index contributed by atoms with van der Waals surface area (Å²) in [6, 6.07) is 4.82. The first-order valence-electron chi connectivity index (χ1n) is 7.47. The molecule has 1 heterocycles. The lowest BCUT2D eigenvalue weighted by Crippen LogP contribution is -2.30. The van der Waals surface area contributed by atoms with Gasteiger partial charge in [-0.2, -0.15) is 4.72 Å². The summed E-state index contributed by atoms with van der Waals surface area (Å²) in [5, 5.41) is 2.79. The molecular formula is C16H20N2O4S2. The van der Waals surface area contributed by atoms with E-state index in [-0.39, 0.29) is 11.5 Å². The smallest absolute Gasteiger partial charge is 0.321 e. The SMILES string of the molecule is CCc1nc(COC(=O)CNS(=O)(=O)c2ccc(C)c(C)c2)cs1. The van der Waals surface area contributed by atoms with Gasteiger partial charge in [-0.3, -0.25) is 4.79 Å². The van der Waals surface area contributed by atoms with Crippen LogP contribution in [0.2, 0.25) is 0 Å². The second kappa shape index (κ2) is 7.87. The summed E-state index contributed by atoms with van der Waals surface area (Å²) in [6.07, 6.45) is 0.828. The topological polar surface area (TPSA) is 85.4 Å². The van der Waals surface area contributed by atoms with Crippen LogP contribution in [0.25, 0.3) is 0 Å². The number of hydrogen-bond acceptors (Lipinski definition) is 6. The van der Waals surface area contributed by atoms with E-state index in [2.05, 4.69) is 9.71 Å². The zero-order valence-electron chi connectivity index (χ0n) is 13.8. The summed E-state index contributed by atoms with van der Waals surface area (Å²) in [4.78, 5) is 16.1. The maximum atomic E-state index is 12.2. The lowest BCUT2D eigenvalue weighted by atomic mass is 10.1. The third kappa shape index (κ3) is 4.86. The predicted octanol–water partition coefficient (Wildman–Crippen LogP) is 2.34. The number of sulfonamides is 1. The molecule has 6 nitrogen and oxygen atoms in total. The van der Waals surface area contributed by atoms with Crippen molar-refractivity contribution < 1.29 is 17.9 Å². The molecule has 130 valence electrons. The summed E-state index contributed by atoms with van der Waals surface area (Å²) in [7, 11) is -3.74. The van der Waals surface area contributed by atoms with Crippen LogP contribution in [-0.4, -0.2) is 25.9 Å². The number of ether oxygens (including phenoxy) is 1. The Morgan fingerprint density at radius 3 is 2.67 bits per heavy atom. The summed E-state index contributed by atoms with van der Waals surface area (Å²) in [5.41, 5.74) is 2.54. The van der Waals surface area contributed by atoms with Crippen LogP contribution in [0.4, 0.5) is 0 Å². The number of aromatic nitrogens is 1. The molecule has 1 aromatic carbocycles. The van der Waals surface area contributed by atoms with E-state index in [9.17, 15) is 13.2 Å². The molecule has 0 aliphatic heterocycles. The van der Waals surface area contributed by atoms with Gasteiger partial charge in [-0.05, 0) is 43.5 Å². The van der Waals surface area contributed by atoms with Gasteiger partial charge in [-0.25, -0.2) is 13.4 Å². The molecule has 0 aliphatic carbocycles. The van der Waals surface area contributed by atoms with E-state index in [1.54, 1.807) is 12.1 Å². The van der Waals surface area contributed by atoms with Crippen LogP contribution in [0.15, 0.2) is 28.5 Å². The number of benzene rings is 1. The highest BCUT2D eigenvalue weighted by molar-refractivity contribution is 7.89. The molecule has 0 bridgehead atoms. The van der Waals surface area contributed by atoms with E-state index in [0.717, 1.165) is 22.6 Å². The molecule has 8 heteroatoms. The van der Waals surface area contributed by atoms with Gasteiger partial charge in [0.2, 0.25) is 10.0 Å². The highest BCUT2D eigenvalue weighted by atomic mass is 32.2. The number of aryl methyl sites for hydroxylation is 3. The van der Waals surface area contributed by atoms with E-state index in [1.807, 2.05) is 26.2 Å². The van der Waals surface area contributed by atoms with E-state index >= 15 is 0 Å². The number of carbonyl (C=O) groups excluding carboxylic acids is 1. The first kappa shape index (κ1) is 18.6. The first-order valence-corrected chi connectivity index (χ1v) is 9.84. The number of nitrogens with zero attached hydrogens (tertiary/aromatic N) is 1. The van der Waals surface area contributed by atoms with Gasteiger partial charge in [0.25, 0.3) is 0 Å². The lowest BCUT2D eigenvalue weighted by molar-refractivity contribution is -0.143. The maximum Gasteiger partial charge on any atom is 0.321 e. The minimum atomic E-state index is -3.74. The van der Waals surface area contributed by atoms with Crippen molar-refractivity contribution in [3.05, 3.63) is 45.4 Å². The Bertz CT molecular complexity index is 828. The fourth-order valence-corrected chi connectivity index (χ4v) is 3.68. The van der Waals surface area contributed by atoms with Gasteiger partial charge < -0.3 is 4.74 Å². The van der Waals surface area contributed by atoms with Gasteiger partial charge >= 0.3 is 5.97 Å². The van der Waals surface area contributed by atoms with E-state index in [4.69, 9.17) is 4.74 Å². The number of thiazole rings is 1. The van der Waals surface area contributed by atoms with Crippen molar-refractivity contribution in [2.45, 2.75) is 38.7 Å². The Morgan fingerprint density at radius 2 is 2.04 bits per heavy atom.